The maximum absolute atomic E-state index is 12.9. The predicted octanol–water partition coefficient (Wildman–Crippen LogP) is 1.79. The number of aliphatic hydroxyl groups is 1. The van der Waals surface area contributed by atoms with E-state index in [1.165, 1.54) is 0 Å². The van der Waals surface area contributed by atoms with Crippen LogP contribution in [0.15, 0.2) is 29.2 Å². The molecule has 0 radical (unpaired) electrons. The van der Waals surface area contributed by atoms with Crippen molar-refractivity contribution in [2.75, 3.05) is 13.2 Å². The Morgan fingerprint density at radius 1 is 1.20 bits per heavy atom. The number of aliphatic hydroxyl groups excluding tert-OH is 1. The lowest BCUT2D eigenvalue weighted by Gasteiger charge is -2.25. The van der Waals surface area contributed by atoms with Gasteiger partial charge in [0.15, 0.2) is 0 Å². The Kier molecular flexibility index (Phi) is 7.59. The van der Waals surface area contributed by atoms with Crippen molar-refractivity contribution in [1.82, 2.24) is 10.0 Å². The minimum atomic E-state index is -3.86. The molecule has 25 heavy (non-hydrogen) atoms. The van der Waals surface area contributed by atoms with Gasteiger partial charge in [-0.2, -0.15) is 4.72 Å². The highest BCUT2D eigenvalue weighted by Gasteiger charge is 2.30. The van der Waals surface area contributed by atoms with Gasteiger partial charge in [-0.3, -0.25) is 4.79 Å². The molecule has 7 heteroatoms. The number of hydrogen-bond donors (Lipinski definition) is 3. The first-order valence-corrected chi connectivity index (χ1v) is 9.97. The van der Waals surface area contributed by atoms with Gasteiger partial charge in [-0.05, 0) is 29.4 Å². The normalized spacial score (nSPS) is 13.7. The summed E-state index contributed by atoms with van der Waals surface area (Å²) in [6.45, 7) is 9.57. The van der Waals surface area contributed by atoms with Gasteiger partial charge in [0.05, 0.1) is 11.5 Å². The lowest BCUT2D eigenvalue weighted by Crippen LogP contribution is -2.48. The molecule has 0 aliphatic heterocycles. The molecule has 3 N–H and O–H groups in total. The second-order valence-corrected chi connectivity index (χ2v) is 9.25. The number of carbonyl (C=O) groups excluding carboxylic acids is 1. The number of hydrogen-bond acceptors (Lipinski definition) is 4. The highest BCUT2D eigenvalue weighted by molar-refractivity contribution is 7.89. The van der Waals surface area contributed by atoms with Crippen molar-refractivity contribution in [3.8, 4) is 0 Å². The number of benzene rings is 1. The van der Waals surface area contributed by atoms with Crippen LogP contribution in [0.1, 0.15) is 46.6 Å². The Hall–Kier alpha value is -1.44. The van der Waals surface area contributed by atoms with Crippen LogP contribution in [0.25, 0.3) is 0 Å². The van der Waals surface area contributed by atoms with Crippen molar-refractivity contribution in [2.24, 2.45) is 5.92 Å². The Balaban J connectivity index is 3.17. The van der Waals surface area contributed by atoms with Crippen molar-refractivity contribution in [1.29, 1.82) is 0 Å². The number of rotatable bonds is 8. The third kappa shape index (κ3) is 6.41. The van der Waals surface area contributed by atoms with Crippen LogP contribution in [0, 0.1) is 5.92 Å². The summed E-state index contributed by atoms with van der Waals surface area (Å²) in [5, 5.41) is 11.4. The molecule has 1 atom stereocenters. The number of carbonyl (C=O) groups is 1. The maximum atomic E-state index is 12.9. The smallest absolute Gasteiger partial charge is 0.241 e. The summed E-state index contributed by atoms with van der Waals surface area (Å²) in [5.41, 5.74) is 0.347. The lowest BCUT2D eigenvalue weighted by atomic mass is 9.87. The van der Waals surface area contributed by atoms with Crippen molar-refractivity contribution in [2.45, 2.75) is 57.4 Å². The van der Waals surface area contributed by atoms with Gasteiger partial charge in [0.1, 0.15) is 6.04 Å². The van der Waals surface area contributed by atoms with Crippen molar-refractivity contribution in [3.05, 3.63) is 29.8 Å². The quantitative estimate of drug-likeness (QED) is 0.650. The Labute approximate surface area is 151 Å². The predicted molar refractivity (Wildman–Crippen MR) is 98.8 cm³/mol. The van der Waals surface area contributed by atoms with E-state index in [0.717, 1.165) is 0 Å². The first-order chi connectivity index (χ1) is 11.5. The third-order valence-electron chi connectivity index (χ3n) is 3.72. The second-order valence-electron chi connectivity index (χ2n) is 7.56. The van der Waals surface area contributed by atoms with E-state index in [1.54, 1.807) is 24.3 Å². The average Bonchev–Trinajstić information content (AvgIpc) is 2.50. The SMILES string of the molecule is CC(C)C[C@H](NS(=O)(=O)c1ccccc1C(C)(C)C)C(=O)NCCO. The van der Waals surface area contributed by atoms with E-state index < -0.39 is 22.0 Å². The van der Waals surface area contributed by atoms with Crippen LogP contribution in [-0.4, -0.2) is 38.6 Å². The van der Waals surface area contributed by atoms with Crippen LogP contribution in [0.2, 0.25) is 0 Å². The molecule has 142 valence electrons. The van der Waals surface area contributed by atoms with Crippen LogP contribution in [-0.2, 0) is 20.2 Å². The number of amides is 1. The van der Waals surface area contributed by atoms with Gasteiger partial charge in [0.2, 0.25) is 15.9 Å². The van der Waals surface area contributed by atoms with Gasteiger partial charge in [-0.25, -0.2) is 8.42 Å². The maximum Gasteiger partial charge on any atom is 0.241 e. The zero-order chi connectivity index (χ0) is 19.3. The van der Waals surface area contributed by atoms with Crippen LogP contribution >= 0.6 is 0 Å². The molecular weight excluding hydrogens is 340 g/mol. The Morgan fingerprint density at radius 3 is 2.32 bits per heavy atom. The van der Waals surface area contributed by atoms with Crippen LogP contribution < -0.4 is 10.0 Å². The first kappa shape index (κ1) is 21.6. The van der Waals surface area contributed by atoms with Gasteiger partial charge in [-0.15, -0.1) is 0 Å². The monoisotopic (exact) mass is 370 g/mol. The van der Waals surface area contributed by atoms with Crippen molar-refractivity contribution in [3.63, 3.8) is 0 Å². The molecule has 1 aromatic rings. The fraction of sp³-hybridized carbons (Fsp3) is 0.611. The molecule has 0 aliphatic carbocycles. The molecule has 1 rings (SSSR count). The fourth-order valence-corrected chi connectivity index (χ4v) is 4.18. The summed E-state index contributed by atoms with van der Waals surface area (Å²) < 4.78 is 28.4. The molecule has 0 spiro atoms. The summed E-state index contributed by atoms with van der Waals surface area (Å²) in [6.07, 6.45) is 0.369. The van der Waals surface area contributed by atoms with Crippen LogP contribution in [0.5, 0.6) is 0 Å². The Bertz CT molecular complexity index is 679. The van der Waals surface area contributed by atoms with E-state index in [4.69, 9.17) is 5.11 Å². The third-order valence-corrected chi connectivity index (χ3v) is 5.25. The molecule has 0 aromatic heterocycles. The highest BCUT2D eigenvalue weighted by Crippen LogP contribution is 2.28. The van der Waals surface area contributed by atoms with E-state index in [-0.39, 0.29) is 29.4 Å². The van der Waals surface area contributed by atoms with Crippen molar-refractivity contribution >= 4 is 15.9 Å². The van der Waals surface area contributed by atoms with Crippen molar-refractivity contribution < 1.29 is 18.3 Å². The van der Waals surface area contributed by atoms with E-state index in [9.17, 15) is 13.2 Å². The number of sulfonamides is 1. The van der Waals surface area contributed by atoms with E-state index in [2.05, 4.69) is 10.0 Å². The summed E-state index contributed by atoms with van der Waals surface area (Å²) >= 11 is 0. The summed E-state index contributed by atoms with van der Waals surface area (Å²) in [6, 6.07) is 5.94. The van der Waals surface area contributed by atoms with Crippen LogP contribution in [0.4, 0.5) is 0 Å². The molecule has 0 unspecified atom stereocenters. The fourth-order valence-electron chi connectivity index (χ4n) is 2.55. The molecule has 1 aromatic carbocycles. The van der Waals surface area contributed by atoms with E-state index >= 15 is 0 Å². The molecular formula is C18H30N2O4S. The molecule has 6 nitrogen and oxygen atoms in total. The second kappa shape index (κ2) is 8.78. The zero-order valence-electron chi connectivity index (χ0n) is 15.7. The first-order valence-electron chi connectivity index (χ1n) is 8.49. The molecule has 0 bridgehead atoms. The van der Waals surface area contributed by atoms with Gasteiger partial charge >= 0.3 is 0 Å². The summed E-state index contributed by atoms with van der Waals surface area (Å²) in [7, 11) is -3.86. The van der Waals surface area contributed by atoms with E-state index in [0.29, 0.717) is 12.0 Å². The largest absolute Gasteiger partial charge is 0.395 e. The van der Waals surface area contributed by atoms with Gasteiger partial charge in [0, 0.05) is 6.54 Å². The number of nitrogens with one attached hydrogen (secondary N) is 2. The van der Waals surface area contributed by atoms with Gasteiger partial charge in [0.25, 0.3) is 0 Å². The minimum absolute atomic E-state index is 0.0910. The summed E-state index contributed by atoms with van der Waals surface area (Å²) in [4.78, 5) is 12.5. The van der Waals surface area contributed by atoms with E-state index in [1.807, 2.05) is 34.6 Å². The van der Waals surface area contributed by atoms with Gasteiger partial charge < -0.3 is 10.4 Å². The molecule has 0 saturated carbocycles. The molecule has 0 saturated heterocycles. The Morgan fingerprint density at radius 2 is 1.80 bits per heavy atom. The van der Waals surface area contributed by atoms with Crippen LogP contribution in [0.3, 0.4) is 0 Å². The molecule has 0 heterocycles. The highest BCUT2D eigenvalue weighted by atomic mass is 32.2. The lowest BCUT2D eigenvalue weighted by molar-refractivity contribution is -0.123. The average molecular weight is 371 g/mol. The minimum Gasteiger partial charge on any atom is -0.395 e. The zero-order valence-corrected chi connectivity index (χ0v) is 16.5. The molecule has 0 fully saturated rings. The summed E-state index contributed by atoms with van der Waals surface area (Å²) in [5.74, 6) is -0.301. The molecule has 1 amide bonds. The molecule has 0 aliphatic rings. The van der Waals surface area contributed by atoms with Gasteiger partial charge in [-0.1, -0.05) is 52.8 Å². The standard InChI is InChI=1S/C18H30N2O4S/c1-13(2)12-15(17(22)19-10-11-21)20-25(23,24)16-9-7-6-8-14(16)18(3,4)5/h6-9,13,15,20-21H,10-12H2,1-5H3,(H,19,22)/t15-/m0/s1. The topological polar surface area (TPSA) is 95.5 Å².